The van der Waals surface area contributed by atoms with Gasteiger partial charge in [0.2, 0.25) is 0 Å². The summed E-state index contributed by atoms with van der Waals surface area (Å²) in [5.41, 5.74) is 0. The fourth-order valence-corrected chi connectivity index (χ4v) is 4.43. The zero-order valence-electron chi connectivity index (χ0n) is 10.2. The highest BCUT2D eigenvalue weighted by Gasteiger charge is 2.33. The highest BCUT2D eigenvalue weighted by atomic mass is 32.2. The molecular formula is C12H24O3S. The van der Waals surface area contributed by atoms with E-state index in [-0.39, 0.29) is 5.75 Å². The average Bonchev–Trinajstić information content (AvgIpc) is 2.23. The van der Waals surface area contributed by atoms with Crippen molar-refractivity contribution >= 4 is 9.84 Å². The molecule has 0 aromatic rings. The first-order chi connectivity index (χ1) is 7.58. The summed E-state index contributed by atoms with van der Waals surface area (Å²) < 4.78 is 23.5. The highest BCUT2D eigenvalue weighted by molar-refractivity contribution is 7.92. The van der Waals surface area contributed by atoms with Crippen LogP contribution in [0.1, 0.15) is 58.3 Å². The third kappa shape index (κ3) is 4.06. The minimum atomic E-state index is -3.02. The smallest absolute Gasteiger partial charge is 0.155 e. The molecule has 4 heteroatoms. The van der Waals surface area contributed by atoms with E-state index < -0.39 is 21.2 Å². The molecule has 0 aromatic heterocycles. The first-order valence-electron chi connectivity index (χ1n) is 6.47. The lowest BCUT2D eigenvalue weighted by molar-refractivity contribution is 0.148. The molecule has 16 heavy (non-hydrogen) atoms. The molecule has 0 saturated carbocycles. The number of aliphatic hydroxyl groups is 1. The normalized spacial score (nSPS) is 26.5. The molecule has 0 amide bonds. The maximum absolute atomic E-state index is 11.8. The molecule has 1 N–H and O–H groups in total. The summed E-state index contributed by atoms with van der Waals surface area (Å²) >= 11 is 0. The van der Waals surface area contributed by atoms with Gasteiger partial charge in [-0.3, -0.25) is 0 Å². The van der Waals surface area contributed by atoms with E-state index in [0.717, 1.165) is 32.1 Å². The van der Waals surface area contributed by atoms with Gasteiger partial charge in [-0.25, -0.2) is 8.42 Å². The predicted octanol–water partition coefficient (Wildman–Crippen LogP) is 2.29. The number of rotatable bonds is 6. The standard InChI is InChI=1S/C12H24O3S/c1-2-3-4-5-8-11(13)12-9-6-7-10-16(12,14)15/h11-13H,2-10H2,1H3. The number of hydrogen-bond acceptors (Lipinski definition) is 3. The monoisotopic (exact) mass is 248 g/mol. The van der Waals surface area contributed by atoms with Crippen molar-refractivity contribution in [3.8, 4) is 0 Å². The Labute approximate surface area is 99.2 Å². The third-order valence-corrected chi connectivity index (χ3v) is 5.74. The van der Waals surface area contributed by atoms with E-state index >= 15 is 0 Å². The molecule has 3 nitrogen and oxygen atoms in total. The molecule has 2 unspecified atom stereocenters. The van der Waals surface area contributed by atoms with Gasteiger partial charge < -0.3 is 5.11 Å². The molecule has 0 aliphatic carbocycles. The van der Waals surface area contributed by atoms with Crippen LogP contribution in [0, 0.1) is 0 Å². The predicted molar refractivity (Wildman–Crippen MR) is 66.2 cm³/mol. The summed E-state index contributed by atoms with van der Waals surface area (Å²) in [5.74, 6) is 0.268. The Morgan fingerprint density at radius 3 is 2.62 bits per heavy atom. The molecule has 0 aromatic carbocycles. The summed E-state index contributed by atoms with van der Waals surface area (Å²) in [7, 11) is -3.02. The Morgan fingerprint density at radius 2 is 2.00 bits per heavy atom. The molecule has 96 valence electrons. The van der Waals surface area contributed by atoms with Gasteiger partial charge in [-0.05, 0) is 19.3 Å². The lowest BCUT2D eigenvalue weighted by Gasteiger charge is -2.26. The van der Waals surface area contributed by atoms with Crippen LogP contribution in [-0.4, -0.2) is 30.6 Å². The Kier molecular flexibility index (Phi) is 5.76. The maximum Gasteiger partial charge on any atom is 0.155 e. The molecular weight excluding hydrogens is 224 g/mol. The molecule has 1 fully saturated rings. The van der Waals surface area contributed by atoms with Crippen molar-refractivity contribution in [2.75, 3.05) is 5.75 Å². The molecule has 1 aliphatic heterocycles. The molecule has 1 heterocycles. The Balaban J connectivity index is 2.37. The number of aliphatic hydroxyl groups excluding tert-OH is 1. The summed E-state index contributed by atoms with van der Waals surface area (Å²) in [6.07, 6.45) is 6.74. The van der Waals surface area contributed by atoms with Gasteiger partial charge >= 0.3 is 0 Å². The van der Waals surface area contributed by atoms with Crippen LogP contribution in [-0.2, 0) is 9.84 Å². The van der Waals surface area contributed by atoms with Crippen molar-refractivity contribution in [3.05, 3.63) is 0 Å². The van der Waals surface area contributed by atoms with Crippen LogP contribution in [0.5, 0.6) is 0 Å². The van der Waals surface area contributed by atoms with Crippen molar-refractivity contribution in [3.63, 3.8) is 0 Å². The largest absolute Gasteiger partial charge is 0.392 e. The summed E-state index contributed by atoms with van der Waals surface area (Å²) in [6, 6.07) is 0. The number of hydrogen-bond donors (Lipinski definition) is 1. The quantitative estimate of drug-likeness (QED) is 0.734. The fraction of sp³-hybridized carbons (Fsp3) is 1.00. The second-order valence-electron chi connectivity index (χ2n) is 4.82. The molecule has 0 bridgehead atoms. The van der Waals surface area contributed by atoms with Gasteiger partial charge in [0.1, 0.15) is 0 Å². The van der Waals surface area contributed by atoms with E-state index in [0.29, 0.717) is 12.8 Å². The molecule has 0 spiro atoms. The highest BCUT2D eigenvalue weighted by Crippen LogP contribution is 2.24. The van der Waals surface area contributed by atoms with Crippen LogP contribution in [0.2, 0.25) is 0 Å². The van der Waals surface area contributed by atoms with Gasteiger partial charge in [0.05, 0.1) is 17.1 Å². The lowest BCUT2D eigenvalue weighted by atomic mass is 10.0. The van der Waals surface area contributed by atoms with E-state index in [1.807, 2.05) is 0 Å². The maximum atomic E-state index is 11.8. The third-order valence-electron chi connectivity index (χ3n) is 3.41. The van der Waals surface area contributed by atoms with Gasteiger partial charge in [-0.15, -0.1) is 0 Å². The van der Waals surface area contributed by atoms with Crippen molar-refractivity contribution < 1.29 is 13.5 Å². The van der Waals surface area contributed by atoms with Gasteiger partial charge in [0, 0.05) is 0 Å². The Morgan fingerprint density at radius 1 is 1.25 bits per heavy atom. The average molecular weight is 248 g/mol. The molecule has 2 atom stereocenters. The minimum Gasteiger partial charge on any atom is -0.392 e. The van der Waals surface area contributed by atoms with E-state index in [9.17, 15) is 13.5 Å². The first kappa shape index (κ1) is 14.0. The van der Waals surface area contributed by atoms with E-state index in [1.165, 1.54) is 6.42 Å². The van der Waals surface area contributed by atoms with E-state index in [2.05, 4.69) is 6.92 Å². The second kappa shape index (κ2) is 6.60. The minimum absolute atomic E-state index is 0.268. The lowest BCUT2D eigenvalue weighted by Crippen LogP contribution is -2.38. The van der Waals surface area contributed by atoms with Crippen molar-refractivity contribution in [2.24, 2.45) is 0 Å². The van der Waals surface area contributed by atoms with Gasteiger partial charge in [-0.2, -0.15) is 0 Å². The first-order valence-corrected chi connectivity index (χ1v) is 8.19. The van der Waals surface area contributed by atoms with Crippen LogP contribution in [0.15, 0.2) is 0 Å². The summed E-state index contributed by atoms with van der Waals surface area (Å²) in [6.45, 7) is 2.14. The van der Waals surface area contributed by atoms with Gasteiger partial charge in [-0.1, -0.05) is 39.0 Å². The number of unbranched alkanes of at least 4 members (excludes halogenated alkanes) is 3. The Hall–Kier alpha value is -0.0900. The number of sulfone groups is 1. The fourth-order valence-electron chi connectivity index (χ4n) is 2.38. The van der Waals surface area contributed by atoms with Crippen LogP contribution in [0.4, 0.5) is 0 Å². The molecule has 1 aliphatic rings. The second-order valence-corrected chi connectivity index (χ2v) is 7.16. The van der Waals surface area contributed by atoms with Crippen LogP contribution < -0.4 is 0 Å². The van der Waals surface area contributed by atoms with Crippen LogP contribution >= 0.6 is 0 Å². The zero-order chi connectivity index (χ0) is 12.0. The molecule has 1 saturated heterocycles. The van der Waals surface area contributed by atoms with Crippen LogP contribution in [0.3, 0.4) is 0 Å². The van der Waals surface area contributed by atoms with Gasteiger partial charge in [0.15, 0.2) is 9.84 Å². The van der Waals surface area contributed by atoms with Crippen molar-refractivity contribution in [1.29, 1.82) is 0 Å². The molecule has 1 rings (SSSR count). The molecule has 0 radical (unpaired) electrons. The van der Waals surface area contributed by atoms with Crippen molar-refractivity contribution in [2.45, 2.75) is 69.6 Å². The summed E-state index contributed by atoms with van der Waals surface area (Å²) in [5, 5.41) is 9.45. The van der Waals surface area contributed by atoms with E-state index in [4.69, 9.17) is 0 Å². The summed E-state index contributed by atoms with van der Waals surface area (Å²) in [4.78, 5) is 0. The van der Waals surface area contributed by atoms with Gasteiger partial charge in [0.25, 0.3) is 0 Å². The Bertz CT molecular complexity index is 285. The topological polar surface area (TPSA) is 54.4 Å². The SMILES string of the molecule is CCCCCCC(O)C1CCCCS1(=O)=O. The van der Waals surface area contributed by atoms with Crippen LogP contribution in [0.25, 0.3) is 0 Å². The van der Waals surface area contributed by atoms with E-state index in [1.54, 1.807) is 0 Å². The zero-order valence-corrected chi connectivity index (χ0v) is 11.0. The van der Waals surface area contributed by atoms with Crippen molar-refractivity contribution in [1.82, 2.24) is 0 Å².